The molecule has 136 valence electrons. The molecule has 0 saturated heterocycles. The smallest absolute Gasteiger partial charge is 0.237 e. The van der Waals surface area contributed by atoms with Gasteiger partial charge >= 0.3 is 0 Å². The van der Waals surface area contributed by atoms with Crippen LogP contribution in [0.5, 0.6) is 0 Å². The van der Waals surface area contributed by atoms with Crippen LogP contribution in [0, 0.1) is 0 Å². The van der Waals surface area contributed by atoms with Gasteiger partial charge in [0.1, 0.15) is 0 Å². The molecule has 3 rings (SSSR count). The summed E-state index contributed by atoms with van der Waals surface area (Å²) < 4.78 is 0. The summed E-state index contributed by atoms with van der Waals surface area (Å²) in [6, 6.07) is 18.3. The molecule has 0 bridgehead atoms. The Bertz CT molecular complexity index is 764. The molecule has 5 heteroatoms. The van der Waals surface area contributed by atoms with Crippen molar-refractivity contribution >= 4 is 29.3 Å². The van der Waals surface area contributed by atoms with E-state index in [2.05, 4.69) is 17.4 Å². The van der Waals surface area contributed by atoms with E-state index in [0.29, 0.717) is 18.7 Å². The van der Waals surface area contributed by atoms with Gasteiger partial charge in [0.05, 0.1) is 11.4 Å². The van der Waals surface area contributed by atoms with E-state index in [1.54, 1.807) is 16.7 Å². The van der Waals surface area contributed by atoms with Gasteiger partial charge in [0, 0.05) is 23.9 Å². The number of fused-ring (bicyclic) bond motifs is 1. The Morgan fingerprint density at radius 1 is 1.15 bits per heavy atom. The molecule has 1 atom stereocenters. The van der Waals surface area contributed by atoms with Gasteiger partial charge in [-0.15, -0.1) is 11.8 Å². The molecule has 0 aromatic heterocycles. The van der Waals surface area contributed by atoms with Crippen LogP contribution >= 0.6 is 11.8 Å². The molecule has 2 aromatic carbocycles. The molecule has 1 aliphatic heterocycles. The van der Waals surface area contributed by atoms with Crippen molar-refractivity contribution in [1.82, 2.24) is 5.32 Å². The fourth-order valence-electron chi connectivity index (χ4n) is 3.06. The Kier molecular flexibility index (Phi) is 6.34. The first kappa shape index (κ1) is 18.5. The fourth-order valence-corrected chi connectivity index (χ4v) is 4.00. The van der Waals surface area contributed by atoms with Crippen LogP contribution < -0.4 is 10.2 Å². The topological polar surface area (TPSA) is 49.4 Å². The zero-order valence-electron chi connectivity index (χ0n) is 15.0. The number of thioether (sulfide) groups is 1. The number of aryl methyl sites for hydroxylation is 1. The molecule has 1 unspecified atom stereocenters. The molecule has 0 radical (unpaired) electrons. The SMILES string of the molecule is CC(CCc1ccccc1)NC(=O)CCN1C(=O)CSc2ccccc21. The predicted molar refractivity (Wildman–Crippen MR) is 107 cm³/mol. The summed E-state index contributed by atoms with van der Waals surface area (Å²) in [4.78, 5) is 27.3. The Morgan fingerprint density at radius 3 is 2.69 bits per heavy atom. The maximum Gasteiger partial charge on any atom is 0.237 e. The van der Waals surface area contributed by atoms with Crippen LogP contribution in [0.15, 0.2) is 59.5 Å². The molecular weight excluding hydrogens is 344 g/mol. The molecule has 2 aromatic rings. The monoisotopic (exact) mass is 368 g/mol. The fraction of sp³-hybridized carbons (Fsp3) is 0.333. The van der Waals surface area contributed by atoms with Crippen molar-refractivity contribution in [1.29, 1.82) is 0 Å². The van der Waals surface area contributed by atoms with Gasteiger partial charge in [-0.05, 0) is 37.5 Å². The van der Waals surface area contributed by atoms with E-state index < -0.39 is 0 Å². The predicted octanol–water partition coefficient (Wildman–Crippen LogP) is 3.65. The number of amides is 2. The number of hydrogen-bond donors (Lipinski definition) is 1. The first-order valence-corrected chi connectivity index (χ1v) is 9.97. The molecule has 1 N–H and O–H groups in total. The number of rotatable bonds is 7. The number of benzene rings is 2. The van der Waals surface area contributed by atoms with Gasteiger partial charge in [0.25, 0.3) is 0 Å². The molecule has 2 amide bonds. The van der Waals surface area contributed by atoms with Crippen molar-refractivity contribution in [2.24, 2.45) is 0 Å². The van der Waals surface area contributed by atoms with Crippen LogP contribution in [0.2, 0.25) is 0 Å². The number of anilines is 1. The standard InChI is InChI=1S/C21H24N2O2S/c1-16(11-12-17-7-3-2-4-8-17)22-20(24)13-14-23-18-9-5-6-10-19(18)26-15-21(23)25/h2-10,16H,11-15H2,1H3,(H,22,24). The van der Waals surface area contributed by atoms with Crippen LogP contribution in [0.1, 0.15) is 25.3 Å². The number of nitrogens with one attached hydrogen (secondary N) is 1. The highest BCUT2D eigenvalue weighted by Crippen LogP contribution is 2.34. The molecule has 1 heterocycles. The van der Waals surface area contributed by atoms with Gasteiger partial charge in [-0.1, -0.05) is 42.5 Å². The highest BCUT2D eigenvalue weighted by molar-refractivity contribution is 8.00. The summed E-state index contributed by atoms with van der Waals surface area (Å²) in [7, 11) is 0. The van der Waals surface area contributed by atoms with E-state index in [1.807, 2.05) is 49.4 Å². The van der Waals surface area contributed by atoms with E-state index in [-0.39, 0.29) is 17.9 Å². The third-order valence-corrected chi connectivity index (χ3v) is 5.53. The molecule has 4 nitrogen and oxygen atoms in total. The number of carbonyl (C=O) groups excluding carboxylic acids is 2. The number of carbonyl (C=O) groups is 2. The first-order valence-electron chi connectivity index (χ1n) is 8.99. The lowest BCUT2D eigenvalue weighted by Crippen LogP contribution is -2.40. The zero-order chi connectivity index (χ0) is 18.4. The van der Waals surface area contributed by atoms with Crippen molar-refractivity contribution in [2.45, 2.75) is 37.1 Å². The molecular formula is C21H24N2O2S. The van der Waals surface area contributed by atoms with Crippen LogP contribution in [-0.4, -0.2) is 30.2 Å². The summed E-state index contributed by atoms with van der Waals surface area (Å²) >= 11 is 1.56. The van der Waals surface area contributed by atoms with E-state index in [4.69, 9.17) is 0 Å². The highest BCUT2D eigenvalue weighted by atomic mass is 32.2. The average Bonchev–Trinajstić information content (AvgIpc) is 2.66. The maximum absolute atomic E-state index is 12.3. The lowest BCUT2D eigenvalue weighted by atomic mass is 10.1. The molecule has 0 fully saturated rings. The van der Waals surface area contributed by atoms with Crippen LogP contribution in [-0.2, 0) is 16.0 Å². The summed E-state index contributed by atoms with van der Waals surface area (Å²) in [5, 5.41) is 3.05. The quantitative estimate of drug-likeness (QED) is 0.811. The van der Waals surface area contributed by atoms with Gasteiger partial charge < -0.3 is 10.2 Å². The van der Waals surface area contributed by atoms with Crippen molar-refractivity contribution in [3.63, 3.8) is 0 Å². The second-order valence-electron chi connectivity index (χ2n) is 6.54. The Morgan fingerprint density at radius 2 is 1.88 bits per heavy atom. The molecule has 0 aliphatic carbocycles. The molecule has 0 spiro atoms. The van der Waals surface area contributed by atoms with Crippen molar-refractivity contribution in [2.75, 3.05) is 17.2 Å². The number of para-hydroxylation sites is 1. The Labute approximate surface area is 159 Å². The van der Waals surface area contributed by atoms with Gasteiger partial charge in [-0.3, -0.25) is 9.59 Å². The van der Waals surface area contributed by atoms with Crippen LogP contribution in [0.25, 0.3) is 0 Å². The van der Waals surface area contributed by atoms with Gasteiger partial charge in [0.2, 0.25) is 11.8 Å². The number of nitrogens with zero attached hydrogens (tertiary/aromatic N) is 1. The largest absolute Gasteiger partial charge is 0.354 e. The minimum atomic E-state index is -0.00549. The average molecular weight is 369 g/mol. The second-order valence-corrected chi connectivity index (χ2v) is 7.56. The van der Waals surface area contributed by atoms with Gasteiger partial charge in [-0.25, -0.2) is 0 Å². The molecule has 0 saturated carbocycles. The Hall–Kier alpha value is -2.27. The van der Waals surface area contributed by atoms with E-state index in [9.17, 15) is 9.59 Å². The first-order chi connectivity index (χ1) is 12.6. The Balaban J connectivity index is 1.47. The van der Waals surface area contributed by atoms with E-state index >= 15 is 0 Å². The second kappa shape index (κ2) is 8.90. The van der Waals surface area contributed by atoms with Gasteiger partial charge in [0.15, 0.2) is 0 Å². The summed E-state index contributed by atoms with van der Waals surface area (Å²) in [6.07, 6.45) is 2.16. The summed E-state index contributed by atoms with van der Waals surface area (Å²) in [5.74, 6) is 0.499. The minimum absolute atomic E-state index is 0.00549. The minimum Gasteiger partial charge on any atom is -0.354 e. The van der Waals surface area contributed by atoms with Crippen molar-refractivity contribution in [3.8, 4) is 0 Å². The van der Waals surface area contributed by atoms with Crippen molar-refractivity contribution < 1.29 is 9.59 Å². The zero-order valence-corrected chi connectivity index (χ0v) is 15.8. The van der Waals surface area contributed by atoms with Crippen molar-refractivity contribution in [3.05, 3.63) is 60.2 Å². The van der Waals surface area contributed by atoms with Crippen LogP contribution in [0.4, 0.5) is 5.69 Å². The number of hydrogen-bond acceptors (Lipinski definition) is 3. The normalized spacial score (nSPS) is 14.7. The third kappa shape index (κ3) is 4.88. The molecule has 26 heavy (non-hydrogen) atoms. The van der Waals surface area contributed by atoms with E-state index in [1.165, 1.54) is 5.56 Å². The molecule has 1 aliphatic rings. The summed E-state index contributed by atoms with van der Waals surface area (Å²) in [6.45, 7) is 2.45. The van der Waals surface area contributed by atoms with Crippen LogP contribution in [0.3, 0.4) is 0 Å². The van der Waals surface area contributed by atoms with E-state index in [0.717, 1.165) is 23.4 Å². The highest BCUT2D eigenvalue weighted by Gasteiger charge is 2.24. The maximum atomic E-state index is 12.3. The summed E-state index contributed by atoms with van der Waals surface area (Å²) in [5.41, 5.74) is 2.19. The third-order valence-electron chi connectivity index (χ3n) is 4.49. The lowest BCUT2D eigenvalue weighted by molar-refractivity contribution is -0.121. The van der Waals surface area contributed by atoms with Gasteiger partial charge in [-0.2, -0.15) is 0 Å². The lowest BCUT2D eigenvalue weighted by Gasteiger charge is -2.28.